The second kappa shape index (κ2) is 4.36. The van der Waals surface area contributed by atoms with Gasteiger partial charge in [-0.2, -0.15) is 0 Å². The Hall–Kier alpha value is -2.18. The Morgan fingerprint density at radius 1 is 1.13 bits per heavy atom. The number of hydrogen-bond acceptors (Lipinski definition) is 5. The summed E-state index contributed by atoms with van der Waals surface area (Å²) in [6.07, 6.45) is 0. The van der Waals surface area contributed by atoms with Crippen molar-refractivity contribution in [1.29, 1.82) is 0 Å². The van der Waals surface area contributed by atoms with Crippen molar-refractivity contribution in [3.8, 4) is 0 Å². The molecular weight excluding hydrogens is 202 g/mol. The van der Waals surface area contributed by atoms with Crippen molar-refractivity contribution < 1.29 is 9.85 Å². The van der Waals surface area contributed by atoms with Crippen LogP contribution in [0.1, 0.15) is 11.1 Å². The lowest BCUT2D eigenvalue weighted by atomic mass is 10.1. The third-order valence-electron chi connectivity index (χ3n) is 1.82. The molecule has 0 saturated heterocycles. The second-order valence-corrected chi connectivity index (χ2v) is 3.01. The van der Waals surface area contributed by atoms with Gasteiger partial charge in [0.25, 0.3) is 0 Å². The maximum atomic E-state index is 10.3. The van der Waals surface area contributed by atoms with Gasteiger partial charge in [-0.15, -0.1) is 0 Å². The van der Waals surface area contributed by atoms with Crippen molar-refractivity contribution >= 4 is 5.69 Å². The van der Waals surface area contributed by atoms with Crippen molar-refractivity contribution in [2.24, 2.45) is 0 Å². The van der Waals surface area contributed by atoms with E-state index in [0.717, 1.165) is 0 Å². The zero-order chi connectivity index (χ0) is 11.4. The Balaban J connectivity index is 2.94. The van der Waals surface area contributed by atoms with E-state index in [1.165, 1.54) is 18.2 Å². The molecule has 1 aromatic rings. The van der Waals surface area contributed by atoms with E-state index in [4.69, 9.17) is 5.73 Å². The average molecular weight is 211 g/mol. The highest BCUT2D eigenvalue weighted by atomic mass is 16.6. The van der Waals surface area contributed by atoms with E-state index in [0.29, 0.717) is 11.1 Å². The van der Waals surface area contributed by atoms with Gasteiger partial charge in [0, 0.05) is 26.7 Å². The fourth-order valence-corrected chi connectivity index (χ4v) is 1.18. The number of benzene rings is 1. The van der Waals surface area contributed by atoms with Gasteiger partial charge in [-0.1, -0.05) is 6.07 Å². The molecule has 0 amide bonds. The molecule has 80 valence electrons. The summed E-state index contributed by atoms with van der Waals surface area (Å²) < 4.78 is 0. The summed E-state index contributed by atoms with van der Waals surface area (Å²) in [4.78, 5) is 19.5. The van der Waals surface area contributed by atoms with E-state index in [2.05, 4.69) is 0 Å². The van der Waals surface area contributed by atoms with Crippen LogP contribution in [0.4, 0.5) is 5.69 Å². The van der Waals surface area contributed by atoms with Crippen LogP contribution >= 0.6 is 0 Å². The van der Waals surface area contributed by atoms with Crippen LogP contribution in [0.15, 0.2) is 18.2 Å². The van der Waals surface area contributed by atoms with E-state index in [-0.39, 0.29) is 12.2 Å². The molecule has 0 aliphatic heterocycles. The number of hydrogen-bond donors (Lipinski definition) is 1. The molecule has 0 aliphatic rings. The van der Waals surface area contributed by atoms with Crippen LogP contribution in [0.5, 0.6) is 0 Å². The van der Waals surface area contributed by atoms with Crippen molar-refractivity contribution in [1.82, 2.24) is 0 Å². The van der Waals surface area contributed by atoms with E-state index in [1.54, 1.807) is 0 Å². The van der Waals surface area contributed by atoms with Gasteiger partial charge in [-0.3, -0.25) is 20.2 Å². The first kappa shape index (κ1) is 10.9. The smallest absolute Gasteiger partial charge is 0.230 e. The summed E-state index contributed by atoms with van der Waals surface area (Å²) >= 11 is 0. The molecule has 1 rings (SSSR count). The van der Waals surface area contributed by atoms with Crippen molar-refractivity contribution in [3.63, 3.8) is 0 Å². The molecule has 0 atom stereocenters. The third-order valence-corrected chi connectivity index (χ3v) is 1.82. The molecule has 1 aromatic carbocycles. The van der Waals surface area contributed by atoms with Gasteiger partial charge in [0.1, 0.15) is 0 Å². The van der Waals surface area contributed by atoms with Crippen molar-refractivity contribution in [3.05, 3.63) is 49.6 Å². The Morgan fingerprint density at radius 3 is 2.27 bits per heavy atom. The van der Waals surface area contributed by atoms with Gasteiger partial charge in [0.2, 0.25) is 13.1 Å². The summed E-state index contributed by atoms with van der Waals surface area (Å²) in [5.41, 5.74) is 6.48. The summed E-state index contributed by atoms with van der Waals surface area (Å²) in [7, 11) is 0. The average Bonchev–Trinajstić information content (AvgIpc) is 2.09. The van der Waals surface area contributed by atoms with Crippen molar-refractivity contribution in [2.75, 3.05) is 5.73 Å². The molecular formula is C8H9N3O4. The molecule has 2 N–H and O–H groups in total. The third kappa shape index (κ3) is 3.22. The lowest BCUT2D eigenvalue weighted by molar-refractivity contribution is -0.498. The van der Waals surface area contributed by atoms with E-state index < -0.39 is 16.4 Å². The molecule has 15 heavy (non-hydrogen) atoms. The second-order valence-electron chi connectivity index (χ2n) is 3.01. The summed E-state index contributed by atoms with van der Waals surface area (Å²) in [6, 6.07) is 4.32. The first-order chi connectivity index (χ1) is 6.99. The Bertz CT molecular complexity index is 405. The summed E-state index contributed by atoms with van der Waals surface area (Å²) in [5, 5.41) is 20.5. The molecule has 0 radical (unpaired) electrons. The largest absolute Gasteiger partial charge is 0.398 e. The maximum absolute atomic E-state index is 10.3. The van der Waals surface area contributed by atoms with E-state index >= 15 is 0 Å². The molecule has 7 nitrogen and oxygen atoms in total. The fraction of sp³-hybridized carbons (Fsp3) is 0.250. The molecule has 0 spiro atoms. The minimum absolute atomic E-state index is 0.277. The zero-order valence-electron chi connectivity index (χ0n) is 7.75. The Morgan fingerprint density at radius 2 is 1.73 bits per heavy atom. The predicted molar refractivity (Wildman–Crippen MR) is 52.3 cm³/mol. The highest BCUT2D eigenvalue weighted by molar-refractivity contribution is 5.48. The maximum Gasteiger partial charge on any atom is 0.230 e. The highest BCUT2D eigenvalue weighted by Gasteiger charge is 2.09. The normalized spacial score (nSPS) is 9.87. The van der Waals surface area contributed by atoms with Gasteiger partial charge in [-0.05, 0) is 12.1 Å². The SMILES string of the molecule is Nc1ccc(C[N+](=O)[O-])cc1C[N+](=O)[O-]. The molecule has 0 aromatic heterocycles. The standard InChI is InChI=1S/C8H9N3O4/c9-8-2-1-6(4-10(12)13)3-7(8)5-11(14)15/h1-3H,4-5,9H2. The number of nitrogen functional groups attached to an aromatic ring is 1. The van der Waals surface area contributed by atoms with Gasteiger partial charge < -0.3 is 5.73 Å². The Labute approximate surface area is 84.8 Å². The molecule has 0 heterocycles. The number of nitro groups is 2. The van der Waals surface area contributed by atoms with Crippen LogP contribution in [0.2, 0.25) is 0 Å². The predicted octanol–water partition coefficient (Wildman–Crippen LogP) is 0.822. The van der Waals surface area contributed by atoms with Gasteiger partial charge in [0.05, 0.1) is 0 Å². The minimum Gasteiger partial charge on any atom is -0.398 e. The lowest BCUT2D eigenvalue weighted by Gasteiger charge is -2.02. The topological polar surface area (TPSA) is 112 Å². The van der Waals surface area contributed by atoms with Crippen LogP contribution in [0.3, 0.4) is 0 Å². The lowest BCUT2D eigenvalue weighted by Crippen LogP contribution is -2.05. The van der Waals surface area contributed by atoms with Crippen LogP contribution in [-0.4, -0.2) is 9.85 Å². The minimum atomic E-state index is -0.526. The number of rotatable bonds is 4. The number of nitrogens with two attached hydrogens (primary N) is 1. The monoisotopic (exact) mass is 211 g/mol. The Kier molecular flexibility index (Phi) is 3.17. The first-order valence-electron chi connectivity index (χ1n) is 4.10. The van der Waals surface area contributed by atoms with Gasteiger partial charge in [0.15, 0.2) is 0 Å². The summed E-state index contributed by atoms with van der Waals surface area (Å²) in [6.45, 7) is -0.775. The molecule has 0 bridgehead atoms. The van der Waals surface area contributed by atoms with E-state index in [9.17, 15) is 20.2 Å². The molecule has 0 unspecified atom stereocenters. The molecule has 0 aliphatic carbocycles. The van der Waals surface area contributed by atoms with Gasteiger partial charge >= 0.3 is 0 Å². The van der Waals surface area contributed by atoms with Crippen molar-refractivity contribution in [2.45, 2.75) is 13.1 Å². The number of anilines is 1. The first-order valence-corrected chi connectivity index (χ1v) is 4.10. The summed E-state index contributed by atoms with van der Waals surface area (Å²) in [5.74, 6) is 0. The molecule has 0 saturated carbocycles. The van der Waals surface area contributed by atoms with E-state index in [1.807, 2.05) is 0 Å². The number of nitrogens with zero attached hydrogens (tertiary/aromatic N) is 2. The zero-order valence-corrected chi connectivity index (χ0v) is 7.75. The van der Waals surface area contributed by atoms with Crippen LogP contribution < -0.4 is 5.73 Å². The van der Waals surface area contributed by atoms with Crippen LogP contribution in [0, 0.1) is 20.2 Å². The van der Waals surface area contributed by atoms with Gasteiger partial charge in [-0.25, -0.2) is 0 Å². The highest BCUT2D eigenvalue weighted by Crippen LogP contribution is 2.15. The molecule has 0 fully saturated rings. The fourth-order valence-electron chi connectivity index (χ4n) is 1.18. The van der Waals surface area contributed by atoms with Crippen LogP contribution in [-0.2, 0) is 13.1 Å². The quantitative estimate of drug-likeness (QED) is 0.450. The molecule has 7 heteroatoms. The van der Waals surface area contributed by atoms with Crippen LogP contribution in [0.25, 0.3) is 0 Å².